The molecule has 0 aliphatic rings. The zero-order valence-corrected chi connectivity index (χ0v) is 19.2. The third-order valence-electron chi connectivity index (χ3n) is 5.16. The lowest BCUT2D eigenvalue weighted by molar-refractivity contribution is -0.143. The van der Waals surface area contributed by atoms with Crippen LogP contribution < -0.4 is 10.4 Å². The van der Waals surface area contributed by atoms with E-state index >= 15 is 0 Å². The summed E-state index contributed by atoms with van der Waals surface area (Å²) in [4.78, 5) is 12.3. The first-order valence-corrected chi connectivity index (χ1v) is 10.4. The number of ether oxygens (including phenoxy) is 1. The van der Waals surface area contributed by atoms with Gasteiger partial charge in [-0.1, -0.05) is 23.7 Å². The minimum Gasteiger partial charge on any atom is -0.487 e. The van der Waals surface area contributed by atoms with Crippen molar-refractivity contribution in [3.63, 3.8) is 0 Å². The number of nitrogens with zero attached hydrogens (tertiary/aromatic N) is 6. The van der Waals surface area contributed by atoms with E-state index in [-0.39, 0.29) is 33.8 Å². The predicted molar refractivity (Wildman–Crippen MR) is 114 cm³/mol. The fraction of sp³-hybridized carbons (Fsp3) is 0.238. The van der Waals surface area contributed by atoms with Gasteiger partial charge in [-0.3, -0.25) is 0 Å². The normalized spacial score (nSPS) is 12.2. The molecule has 8 nitrogen and oxygen atoms in total. The summed E-state index contributed by atoms with van der Waals surface area (Å²) in [5, 5.41) is 10.4. The number of benzene rings is 2. The van der Waals surface area contributed by atoms with Crippen LogP contribution in [0.15, 0.2) is 47.3 Å². The van der Waals surface area contributed by atoms with Gasteiger partial charge in [0.25, 0.3) is 0 Å². The number of aryl methyl sites for hydroxylation is 2. The summed E-state index contributed by atoms with van der Waals surface area (Å²) in [6.45, 7) is 1.65. The average Bonchev–Trinajstić information content (AvgIpc) is 3.38. The third kappa shape index (κ3) is 4.80. The molecule has 2 aromatic heterocycles. The van der Waals surface area contributed by atoms with E-state index in [1.807, 2.05) is 0 Å². The van der Waals surface area contributed by atoms with Crippen LogP contribution in [0.3, 0.4) is 0 Å². The molecule has 2 heterocycles. The first-order valence-electron chi connectivity index (χ1n) is 10.0. The van der Waals surface area contributed by atoms with Crippen LogP contribution in [0.1, 0.15) is 22.5 Å². The largest absolute Gasteiger partial charge is 0.487 e. The molecule has 0 spiro atoms. The van der Waals surface area contributed by atoms with Crippen molar-refractivity contribution in [2.75, 3.05) is 0 Å². The van der Waals surface area contributed by atoms with Crippen LogP contribution in [0.2, 0.25) is 5.02 Å². The summed E-state index contributed by atoms with van der Waals surface area (Å²) in [7, 11) is 1.43. The molecule has 0 radical (unpaired) electrons. The molecule has 0 N–H and O–H groups in total. The van der Waals surface area contributed by atoms with E-state index < -0.39 is 29.4 Å². The van der Waals surface area contributed by atoms with E-state index in [1.54, 1.807) is 25.1 Å². The Balaban J connectivity index is 1.66. The fourth-order valence-corrected chi connectivity index (χ4v) is 3.57. The Kier molecular flexibility index (Phi) is 6.32. The summed E-state index contributed by atoms with van der Waals surface area (Å²) in [6, 6.07) is 8.32. The van der Waals surface area contributed by atoms with Crippen molar-refractivity contribution in [3.05, 3.63) is 80.5 Å². The van der Waals surface area contributed by atoms with Gasteiger partial charge in [-0.15, -0.1) is 0 Å². The van der Waals surface area contributed by atoms with Gasteiger partial charge in [-0.2, -0.15) is 40.8 Å². The van der Waals surface area contributed by atoms with Gasteiger partial charge >= 0.3 is 18.0 Å². The van der Waals surface area contributed by atoms with E-state index in [2.05, 4.69) is 15.5 Å². The molecule has 4 rings (SSSR count). The van der Waals surface area contributed by atoms with Crippen molar-refractivity contribution < 1.29 is 31.1 Å². The SMILES string of the molecule is Cc1cccc(-n2nnn(C)c2=O)c1COc1ccc(-n2nc(C(F)(F)F)cc2C(F)(F)F)cc1Cl. The van der Waals surface area contributed by atoms with Crippen LogP contribution in [0.5, 0.6) is 5.75 Å². The second-order valence-corrected chi connectivity index (χ2v) is 8.00. The van der Waals surface area contributed by atoms with Crippen molar-refractivity contribution in [1.29, 1.82) is 0 Å². The van der Waals surface area contributed by atoms with E-state index in [0.29, 0.717) is 11.3 Å². The van der Waals surface area contributed by atoms with Crippen LogP contribution in [0.25, 0.3) is 11.4 Å². The van der Waals surface area contributed by atoms with Gasteiger partial charge < -0.3 is 4.74 Å². The van der Waals surface area contributed by atoms with Gasteiger partial charge in [0.1, 0.15) is 18.1 Å². The Hall–Kier alpha value is -3.81. The molecule has 0 unspecified atom stereocenters. The van der Waals surface area contributed by atoms with E-state index in [0.717, 1.165) is 27.1 Å². The molecular formula is C21H15ClF6N6O2. The lowest BCUT2D eigenvalue weighted by Gasteiger charge is -2.15. The third-order valence-corrected chi connectivity index (χ3v) is 5.45. The molecule has 0 saturated heterocycles. The van der Waals surface area contributed by atoms with Gasteiger partial charge in [0.2, 0.25) is 0 Å². The molecule has 15 heteroatoms. The maximum Gasteiger partial charge on any atom is 0.435 e. The summed E-state index contributed by atoms with van der Waals surface area (Å²) >= 11 is 6.18. The topological polar surface area (TPSA) is 79.8 Å². The quantitative estimate of drug-likeness (QED) is 0.347. The highest BCUT2D eigenvalue weighted by Gasteiger charge is 2.42. The van der Waals surface area contributed by atoms with Gasteiger partial charge in [0, 0.05) is 18.7 Å². The van der Waals surface area contributed by atoms with E-state index in [4.69, 9.17) is 16.3 Å². The zero-order chi connectivity index (χ0) is 26.4. The Labute approximate surface area is 203 Å². The molecule has 2 aromatic carbocycles. The number of rotatable bonds is 5. The number of aromatic nitrogens is 6. The first-order chi connectivity index (χ1) is 16.8. The zero-order valence-electron chi connectivity index (χ0n) is 18.4. The Morgan fingerprint density at radius 2 is 1.69 bits per heavy atom. The van der Waals surface area contributed by atoms with Crippen LogP contribution >= 0.6 is 11.6 Å². The summed E-state index contributed by atoms with van der Waals surface area (Å²) in [5.74, 6) is 0.0397. The second kappa shape index (κ2) is 9.00. The van der Waals surface area contributed by atoms with Crippen molar-refractivity contribution in [1.82, 2.24) is 29.6 Å². The molecule has 36 heavy (non-hydrogen) atoms. The van der Waals surface area contributed by atoms with Crippen molar-refractivity contribution in [2.24, 2.45) is 7.05 Å². The fourth-order valence-electron chi connectivity index (χ4n) is 3.34. The lowest BCUT2D eigenvalue weighted by atomic mass is 10.1. The molecule has 0 bridgehead atoms. The highest BCUT2D eigenvalue weighted by Crippen LogP contribution is 2.37. The summed E-state index contributed by atoms with van der Waals surface area (Å²) < 4.78 is 87.0. The maximum atomic E-state index is 13.3. The molecule has 0 atom stereocenters. The monoisotopic (exact) mass is 532 g/mol. The number of alkyl halides is 6. The molecule has 0 saturated carbocycles. The summed E-state index contributed by atoms with van der Waals surface area (Å²) in [5.41, 5.74) is -2.46. The molecule has 0 aliphatic carbocycles. The Bertz CT molecular complexity index is 1490. The van der Waals surface area contributed by atoms with Gasteiger partial charge in [0.15, 0.2) is 5.69 Å². The molecule has 0 fully saturated rings. The highest BCUT2D eigenvalue weighted by molar-refractivity contribution is 6.32. The first kappa shape index (κ1) is 25.3. The summed E-state index contributed by atoms with van der Waals surface area (Å²) in [6.07, 6.45) is -10.2. The van der Waals surface area contributed by atoms with Gasteiger partial charge in [0.05, 0.1) is 16.4 Å². The van der Waals surface area contributed by atoms with Crippen LogP contribution in [0.4, 0.5) is 26.3 Å². The Morgan fingerprint density at radius 3 is 2.28 bits per heavy atom. The van der Waals surface area contributed by atoms with Crippen LogP contribution in [-0.2, 0) is 26.0 Å². The molecule has 0 aliphatic heterocycles. The highest BCUT2D eigenvalue weighted by atomic mass is 35.5. The molecule has 0 amide bonds. The number of hydrogen-bond donors (Lipinski definition) is 0. The smallest absolute Gasteiger partial charge is 0.435 e. The van der Waals surface area contributed by atoms with E-state index in [1.165, 1.54) is 13.1 Å². The van der Waals surface area contributed by atoms with Crippen LogP contribution in [-0.4, -0.2) is 29.6 Å². The van der Waals surface area contributed by atoms with Crippen molar-refractivity contribution in [3.8, 4) is 17.1 Å². The number of halogens is 7. The van der Waals surface area contributed by atoms with Crippen molar-refractivity contribution >= 4 is 11.6 Å². The minimum atomic E-state index is -5.10. The molecule has 190 valence electrons. The standard InChI is InChI=1S/C21H15ClF6N6O2/c1-11-4-3-5-15(34-19(35)32(2)30-31-34)13(11)10-36-16-7-6-12(8-14(16)22)33-18(21(26,27)28)9-17(29-33)20(23,24)25/h3-9H,10H2,1-2H3. The number of tetrazole rings is 1. The lowest BCUT2D eigenvalue weighted by Crippen LogP contribution is -2.23. The van der Waals surface area contributed by atoms with Gasteiger partial charge in [-0.05, 0) is 47.2 Å². The van der Waals surface area contributed by atoms with Crippen LogP contribution in [0, 0.1) is 6.92 Å². The minimum absolute atomic E-state index is 0.0397. The number of hydrogen-bond acceptors (Lipinski definition) is 5. The van der Waals surface area contributed by atoms with Gasteiger partial charge in [-0.25, -0.2) is 9.48 Å². The Morgan fingerprint density at radius 1 is 0.972 bits per heavy atom. The van der Waals surface area contributed by atoms with Crippen molar-refractivity contribution in [2.45, 2.75) is 25.9 Å². The molecule has 4 aromatic rings. The van der Waals surface area contributed by atoms with E-state index in [9.17, 15) is 31.1 Å². The predicted octanol–water partition coefficient (Wildman–Crippen LogP) is 4.73. The average molecular weight is 533 g/mol. The molecular weight excluding hydrogens is 518 g/mol. The maximum absolute atomic E-state index is 13.3. The second-order valence-electron chi connectivity index (χ2n) is 7.59.